The number of hydrogen-bond donors (Lipinski definition) is 3. The molecular weight excluding hydrogens is 399 g/mol. The van der Waals surface area contributed by atoms with Gasteiger partial charge in [0.1, 0.15) is 0 Å². The summed E-state index contributed by atoms with van der Waals surface area (Å²) < 4.78 is 14.6. The number of nitrogens with one attached hydrogen (secondary N) is 2. The Morgan fingerprint density at radius 2 is 2.10 bits per heavy atom. The molecule has 0 unspecified atom stereocenters. The van der Waals surface area contributed by atoms with Gasteiger partial charge in [-0.25, -0.2) is 9.37 Å². The summed E-state index contributed by atoms with van der Waals surface area (Å²) in [5.74, 6) is -0.622. The largest absolute Gasteiger partial charge is 0.369 e. The van der Waals surface area contributed by atoms with E-state index in [1.54, 1.807) is 6.92 Å². The SMILES string of the molecule is CC(=O)N1Cc2cccc(c2)Nc2ncc(F)c(n2)N[C@@H]2[C@@H]3C[C@@H](C[C@H]3C1)[C@@H]2C(N)=O. The number of aromatic nitrogens is 2. The van der Waals surface area contributed by atoms with Gasteiger partial charge in [0.05, 0.1) is 12.1 Å². The van der Waals surface area contributed by atoms with Crippen LogP contribution < -0.4 is 16.4 Å². The molecule has 1 aliphatic heterocycles. The molecular formula is C22H25FN6O2. The van der Waals surface area contributed by atoms with Crippen LogP contribution in [0.5, 0.6) is 0 Å². The van der Waals surface area contributed by atoms with Gasteiger partial charge < -0.3 is 21.3 Å². The molecule has 6 bridgehead atoms. The minimum Gasteiger partial charge on any atom is -0.369 e. The second-order valence-corrected chi connectivity index (χ2v) is 8.87. The van der Waals surface area contributed by atoms with Gasteiger partial charge in [0.15, 0.2) is 11.6 Å². The van der Waals surface area contributed by atoms with Crippen LogP contribution in [0.15, 0.2) is 30.5 Å². The van der Waals surface area contributed by atoms with Gasteiger partial charge in [0, 0.05) is 31.7 Å². The zero-order chi connectivity index (χ0) is 21.7. The van der Waals surface area contributed by atoms with E-state index in [0.29, 0.717) is 13.1 Å². The molecule has 2 heterocycles. The number of nitrogens with two attached hydrogens (primary N) is 1. The van der Waals surface area contributed by atoms with E-state index in [-0.39, 0.29) is 47.4 Å². The van der Waals surface area contributed by atoms with Crippen molar-refractivity contribution in [2.24, 2.45) is 29.4 Å². The minimum absolute atomic E-state index is 0.00351. The molecule has 2 aromatic rings. The van der Waals surface area contributed by atoms with Gasteiger partial charge in [-0.05, 0) is 48.3 Å². The molecule has 0 radical (unpaired) electrons. The smallest absolute Gasteiger partial charge is 0.229 e. The van der Waals surface area contributed by atoms with Crippen molar-refractivity contribution in [3.8, 4) is 0 Å². The third kappa shape index (κ3) is 3.58. The first kappa shape index (κ1) is 19.7. The molecule has 5 rings (SSSR count). The molecule has 31 heavy (non-hydrogen) atoms. The Labute approximate surface area is 179 Å². The van der Waals surface area contributed by atoms with E-state index in [2.05, 4.69) is 20.6 Å². The number of benzene rings is 1. The topological polar surface area (TPSA) is 113 Å². The summed E-state index contributed by atoms with van der Waals surface area (Å²) in [5, 5.41) is 6.27. The van der Waals surface area contributed by atoms with Crippen LogP contribution in [-0.4, -0.2) is 39.3 Å². The molecule has 2 saturated carbocycles. The first-order valence-corrected chi connectivity index (χ1v) is 10.6. The van der Waals surface area contributed by atoms with Crippen LogP contribution in [0, 0.1) is 29.5 Å². The first-order valence-electron chi connectivity index (χ1n) is 10.6. The number of anilines is 3. The maximum atomic E-state index is 14.6. The number of primary amides is 1. The molecule has 5 atom stereocenters. The highest BCUT2D eigenvalue weighted by Gasteiger charge is 2.55. The lowest BCUT2D eigenvalue weighted by Crippen LogP contribution is -2.47. The summed E-state index contributed by atoms with van der Waals surface area (Å²) in [6, 6.07) is 7.34. The fourth-order valence-electron chi connectivity index (χ4n) is 5.68. The average molecular weight is 424 g/mol. The van der Waals surface area contributed by atoms with Gasteiger partial charge in [-0.3, -0.25) is 9.59 Å². The highest BCUT2D eigenvalue weighted by molar-refractivity contribution is 5.79. The molecule has 1 aromatic heterocycles. The maximum Gasteiger partial charge on any atom is 0.229 e. The van der Waals surface area contributed by atoms with E-state index in [9.17, 15) is 14.0 Å². The van der Waals surface area contributed by atoms with E-state index in [1.165, 1.54) is 0 Å². The predicted octanol–water partition coefficient (Wildman–Crippen LogP) is 2.26. The molecule has 9 heteroatoms. The van der Waals surface area contributed by atoms with Crippen molar-refractivity contribution in [3.63, 3.8) is 0 Å². The Balaban J connectivity index is 1.58. The number of nitrogens with zero attached hydrogens (tertiary/aromatic N) is 3. The quantitative estimate of drug-likeness (QED) is 0.647. The normalized spacial score (nSPS) is 29.0. The van der Waals surface area contributed by atoms with Crippen LogP contribution in [0.2, 0.25) is 0 Å². The lowest BCUT2D eigenvalue weighted by atomic mass is 9.77. The van der Waals surface area contributed by atoms with Crippen molar-refractivity contribution < 1.29 is 14.0 Å². The van der Waals surface area contributed by atoms with Gasteiger partial charge >= 0.3 is 0 Å². The van der Waals surface area contributed by atoms with Gasteiger partial charge in [0.2, 0.25) is 17.8 Å². The summed E-state index contributed by atoms with van der Waals surface area (Å²) >= 11 is 0. The van der Waals surface area contributed by atoms with E-state index in [0.717, 1.165) is 30.3 Å². The molecule has 2 amide bonds. The molecule has 2 aliphatic carbocycles. The van der Waals surface area contributed by atoms with Crippen molar-refractivity contribution >= 4 is 29.3 Å². The van der Waals surface area contributed by atoms with Gasteiger partial charge in [-0.15, -0.1) is 0 Å². The highest BCUT2D eigenvalue weighted by Crippen LogP contribution is 2.53. The summed E-state index contributed by atoms with van der Waals surface area (Å²) in [4.78, 5) is 34.9. The van der Waals surface area contributed by atoms with Crippen LogP contribution in [0.3, 0.4) is 0 Å². The summed E-state index contributed by atoms with van der Waals surface area (Å²) in [6.07, 6.45) is 2.78. The number of hydrogen-bond acceptors (Lipinski definition) is 6. The zero-order valence-electron chi connectivity index (χ0n) is 17.2. The third-order valence-electron chi connectivity index (χ3n) is 6.97. The number of rotatable bonds is 1. The zero-order valence-corrected chi connectivity index (χ0v) is 17.2. The molecule has 1 aromatic carbocycles. The van der Waals surface area contributed by atoms with Crippen molar-refractivity contribution in [1.82, 2.24) is 14.9 Å². The molecule has 4 N–H and O–H groups in total. The van der Waals surface area contributed by atoms with Crippen LogP contribution in [-0.2, 0) is 16.1 Å². The van der Waals surface area contributed by atoms with E-state index < -0.39 is 11.7 Å². The number of carbonyl (C=O) groups is 2. The van der Waals surface area contributed by atoms with E-state index in [1.807, 2.05) is 29.2 Å². The Kier molecular flexibility index (Phi) is 4.75. The average Bonchev–Trinajstić information content (AvgIpc) is 3.27. The molecule has 162 valence electrons. The van der Waals surface area contributed by atoms with Crippen molar-refractivity contribution in [1.29, 1.82) is 0 Å². The summed E-state index contributed by atoms with van der Waals surface area (Å²) in [7, 11) is 0. The number of amides is 2. The third-order valence-corrected chi connectivity index (χ3v) is 6.97. The summed E-state index contributed by atoms with van der Waals surface area (Å²) in [6.45, 7) is 2.66. The Morgan fingerprint density at radius 1 is 1.26 bits per heavy atom. The first-order chi connectivity index (χ1) is 14.9. The van der Waals surface area contributed by atoms with Crippen LogP contribution in [0.25, 0.3) is 0 Å². The second-order valence-electron chi connectivity index (χ2n) is 8.87. The molecule has 0 saturated heterocycles. The number of fused-ring (bicyclic) bond motifs is 5. The summed E-state index contributed by atoms with van der Waals surface area (Å²) in [5.41, 5.74) is 7.45. The maximum absolute atomic E-state index is 14.6. The van der Waals surface area contributed by atoms with E-state index in [4.69, 9.17) is 5.73 Å². The van der Waals surface area contributed by atoms with Crippen molar-refractivity contribution in [2.75, 3.05) is 17.2 Å². The lowest BCUT2D eigenvalue weighted by molar-refractivity contribution is -0.131. The van der Waals surface area contributed by atoms with Crippen LogP contribution in [0.1, 0.15) is 25.3 Å². The fourth-order valence-corrected chi connectivity index (χ4v) is 5.68. The van der Waals surface area contributed by atoms with Gasteiger partial charge in [-0.1, -0.05) is 12.1 Å². The van der Waals surface area contributed by atoms with Crippen molar-refractivity contribution in [3.05, 3.63) is 41.8 Å². The molecule has 8 nitrogen and oxygen atoms in total. The monoisotopic (exact) mass is 424 g/mol. The Hall–Kier alpha value is -3.23. The number of carbonyl (C=O) groups excluding carboxylic acids is 2. The lowest BCUT2D eigenvalue weighted by Gasteiger charge is -2.37. The van der Waals surface area contributed by atoms with E-state index >= 15 is 0 Å². The standard InChI is InChI=1S/C22H25FN6O2/c1-11(30)29-9-12-3-2-4-15(5-12)26-22-25-8-17(23)21(28-22)27-19-16-7-13(6-14(16)10-29)18(19)20(24)31/h2-5,8,13-14,16,18-19H,6-7,9-10H2,1H3,(H2,24,31)(H2,25,26,27,28)/t13-,14+,16-,18+,19-/m1/s1. The van der Waals surface area contributed by atoms with Crippen LogP contribution >= 0.6 is 0 Å². The minimum atomic E-state index is -0.584. The van der Waals surface area contributed by atoms with Crippen molar-refractivity contribution in [2.45, 2.75) is 32.4 Å². The highest BCUT2D eigenvalue weighted by atomic mass is 19.1. The molecule has 3 aliphatic rings. The Bertz CT molecular complexity index is 1050. The van der Waals surface area contributed by atoms with Gasteiger partial charge in [-0.2, -0.15) is 4.98 Å². The molecule has 0 spiro atoms. The van der Waals surface area contributed by atoms with Crippen LogP contribution in [0.4, 0.5) is 21.8 Å². The Morgan fingerprint density at radius 3 is 2.87 bits per heavy atom. The van der Waals surface area contributed by atoms with Gasteiger partial charge in [0.25, 0.3) is 0 Å². The fraction of sp³-hybridized carbons (Fsp3) is 0.455. The number of halogens is 1. The predicted molar refractivity (Wildman–Crippen MR) is 113 cm³/mol. The second kappa shape index (κ2) is 7.47. The molecule has 2 fully saturated rings.